The first-order valence-corrected chi connectivity index (χ1v) is 6.10. The Morgan fingerprint density at radius 1 is 1.20 bits per heavy atom. The molecule has 1 rings (SSSR count). The molecule has 0 radical (unpaired) electrons. The van der Waals surface area contributed by atoms with E-state index in [2.05, 4.69) is 4.74 Å². The molecule has 114 valence electrons. The van der Waals surface area contributed by atoms with Crippen molar-refractivity contribution in [3.05, 3.63) is 23.8 Å². The molecule has 0 saturated heterocycles. The van der Waals surface area contributed by atoms with E-state index in [1.54, 1.807) is 18.2 Å². The number of halogens is 3. The Morgan fingerprint density at radius 3 is 2.55 bits per heavy atom. The van der Waals surface area contributed by atoms with Crippen LogP contribution in [0.2, 0.25) is 0 Å². The third-order valence-electron chi connectivity index (χ3n) is 2.45. The number of rotatable bonds is 8. The standard InChI is InChI=1S/C13H18F3NO3/c1-18-11-4-3-10(8-17)12(7-11)20-6-2-5-19-9-13(14,15)16/h3-4,7H,2,5-6,8-9,17H2,1H3. The van der Waals surface area contributed by atoms with Gasteiger partial charge in [-0.1, -0.05) is 6.07 Å². The van der Waals surface area contributed by atoms with Gasteiger partial charge in [-0.3, -0.25) is 0 Å². The largest absolute Gasteiger partial charge is 0.497 e. The minimum absolute atomic E-state index is 0.0125. The summed E-state index contributed by atoms with van der Waals surface area (Å²) >= 11 is 0. The number of hydrogen-bond donors (Lipinski definition) is 1. The first kappa shape index (κ1) is 16.6. The van der Waals surface area contributed by atoms with Gasteiger partial charge < -0.3 is 19.9 Å². The third-order valence-corrected chi connectivity index (χ3v) is 2.45. The fourth-order valence-electron chi connectivity index (χ4n) is 1.50. The maximum Gasteiger partial charge on any atom is 0.411 e. The highest BCUT2D eigenvalue weighted by atomic mass is 19.4. The van der Waals surface area contributed by atoms with Gasteiger partial charge in [0.25, 0.3) is 0 Å². The van der Waals surface area contributed by atoms with E-state index in [0.29, 0.717) is 24.5 Å². The van der Waals surface area contributed by atoms with Gasteiger partial charge in [0, 0.05) is 24.6 Å². The number of alkyl halides is 3. The van der Waals surface area contributed by atoms with Gasteiger partial charge in [0.2, 0.25) is 0 Å². The zero-order valence-electron chi connectivity index (χ0n) is 11.2. The second kappa shape index (κ2) is 7.96. The molecule has 0 aromatic heterocycles. The van der Waals surface area contributed by atoms with Crippen LogP contribution in [0.5, 0.6) is 11.5 Å². The highest BCUT2D eigenvalue weighted by molar-refractivity contribution is 5.40. The van der Waals surface area contributed by atoms with E-state index in [-0.39, 0.29) is 13.2 Å². The van der Waals surface area contributed by atoms with E-state index in [1.165, 1.54) is 7.11 Å². The molecule has 1 aromatic carbocycles. The maximum absolute atomic E-state index is 11.8. The van der Waals surface area contributed by atoms with E-state index >= 15 is 0 Å². The van der Waals surface area contributed by atoms with Gasteiger partial charge in [-0.15, -0.1) is 0 Å². The summed E-state index contributed by atoms with van der Waals surface area (Å²) in [5.74, 6) is 1.20. The van der Waals surface area contributed by atoms with Crippen LogP contribution in [-0.4, -0.2) is 33.1 Å². The quantitative estimate of drug-likeness (QED) is 0.748. The molecule has 1 aromatic rings. The van der Waals surface area contributed by atoms with Crippen molar-refractivity contribution in [3.63, 3.8) is 0 Å². The summed E-state index contributed by atoms with van der Waals surface area (Å²) in [7, 11) is 1.53. The Balaban J connectivity index is 2.34. The summed E-state index contributed by atoms with van der Waals surface area (Å²) in [6.07, 6.45) is -3.93. The van der Waals surface area contributed by atoms with E-state index in [4.69, 9.17) is 15.2 Å². The van der Waals surface area contributed by atoms with Crippen molar-refractivity contribution in [2.24, 2.45) is 5.73 Å². The van der Waals surface area contributed by atoms with Gasteiger partial charge in [0.05, 0.1) is 20.3 Å². The predicted molar refractivity (Wildman–Crippen MR) is 67.9 cm³/mol. The van der Waals surface area contributed by atoms with Gasteiger partial charge in [0.15, 0.2) is 0 Å². The van der Waals surface area contributed by atoms with Crippen molar-refractivity contribution in [2.75, 3.05) is 26.9 Å². The predicted octanol–water partition coefficient (Wildman–Crippen LogP) is 2.50. The molecule has 7 heteroatoms. The van der Waals surface area contributed by atoms with E-state index < -0.39 is 12.8 Å². The van der Waals surface area contributed by atoms with Crippen LogP contribution in [0.4, 0.5) is 13.2 Å². The summed E-state index contributed by atoms with van der Waals surface area (Å²) in [6.45, 7) is -0.691. The molecular formula is C13H18F3NO3. The van der Waals surface area contributed by atoms with Crippen molar-refractivity contribution in [1.82, 2.24) is 0 Å². The number of nitrogens with two attached hydrogens (primary N) is 1. The zero-order chi connectivity index (χ0) is 15.0. The smallest absolute Gasteiger partial charge is 0.411 e. The maximum atomic E-state index is 11.8. The molecule has 0 heterocycles. The van der Waals surface area contributed by atoms with Crippen LogP contribution in [-0.2, 0) is 11.3 Å². The van der Waals surface area contributed by atoms with Gasteiger partial charge >= 0.3 is 6.18 Å². The molecule has 0 spiro atoms. The van der Waals surface area contributed by atoms with Crippen LogP contribution >= 0.6 is 0 Å². The average Bonchev–Trinajstić information content (AvgIpc) is 2.41. The normalized spacial score (nSPS) is 11.4. The lowest BCUT2D eigenvalue weighted by Crippen LogP contribution is -2.18. The number of hydrogen-bond acceptors (Lipinski definition) is 4. The Kier molecular flexibility index (Phi) is 6.60. The van der Waals surface area contributed by atoms with E-state index in [9.17, 15) is 13.2 Å². The van der Waals surface area contributed by atoms with Crippen LogP contribution in [0, 0.1) is 0 Å². The lowest BCUT2D eigenvalue weighted by Gasteiger charge is -2.12. The lowest BCUT2D eigenvalue weighted by atomic mass is 10.2. The fraction of sp³-hybridized carbons (Fsp3) is 0.538. The molecule has 0 aliphatic carbocycles. The first-order valence-electron chi connectivity index (χ1n) is 6.10. The molecule has 4 nitrogen and oxygen atoms in total. The first-order chi connectivity index (χ1) is 9.46. The average molecular weight is 293 g/mol. The number of methoxy groups -OCH3 is 1. The minimum Gasteiger partial charge on any atom is -0.497 e. The molecule has 0 atom stereocenters. The van der Waals surface area contributed by atoms with Crippen LogP contribution in [0.15, 0.2) is 18.2 Å². The molecule has 0 aliphatic heterocycles. The van der Waals surface area contributed by atoms with Crippen molar-refractivity contribution in [3.8, 4) is 11.5 Å². The Labute approximate surface area is 115 Å². The van der Waals surface area contributed by atoms with Gasteiger partial charge in [-0.05, 0) is 6.07 Å². The molecule has 0 saturated carbocycles. The second-order valence-electron chi connectivity index (χ2n) is 4.05. The highest BCUT2D eigenvalue weighted by Gasteiger charge is 2.27. The fourth-order valence-corrected chi connectivity index (χ4v) is 1.50. The van der Waals surface area contributed by atoms with E-state index in [0.717, 1.165) is 5.56 Å². The van der Waals surface area contributed by atoms with E-state index in [1.807, 2.05) is 0 Å². The monoisotopic (exact) mass is 293 g/mol. The van der Waals surface area contributed by atoms with Gasteiger partial charge in [-0.2, -0.15) is 13.2 Å². The molecule has 0 bridgehead atoms. The molecule has 0 aliphatic rings. The topological polar surface area (TPSA) is 53.7 Å². The minimum atomic E-state index is -4.29. The van der Waals surface area contributed by atoms with Crippen molar-refractivity contribution >= 4 is 0 Å². The van der Waals surface area contributed by atoms with Crippen LogP contribution in [0.3, 0.4) is 0 Å². The molecular weight excluding hydrogens is 275 g/mol. The SMILES string of the molecule is COc1ccc(CN)c(OCCCOCC(F)(F)F)c1. The summed E-state index contributed by atoms with van der Waals surface area (Å²) in [4.78, 5) is 0. The molecule has 0 amide bonds. The van der Waals surface area contributed by atoms with Crippen LogP contribution in [0.1, 0.15) is 12.0 Å². The van der Waals surface area contributed by atoms with Gasteiger partial charge in [0.1, 0.15) is 18.1 Å². The Morgan fingerprint density at radius 2 is 1.95 bits per heavy atom. The van der Waals surface area contributed by atoms with Crippen molar-refractivity contribution < 1.29 is 27.4 Å². The van der Waals surface area contributed by atoms with Crippen LogP contribution in [0.25, 0.3) is 0 Å². The number of ether oxygens (including phenoxy) is 3. The molecule has 0 unspecified atom stereocenters. The van der Waals surface area contributed by atoms with Crippen molar-refractivity contribution in [2.45, 2.75) is 19.1 Å². The summed E-state index contributed by atoms with van der Waals surface area (Å²) in [5, 5.41) is 0. The Hall–Kier alpha value is -1.47. The molecule has 20 heavy (non-hydrogen) atoms. The number of benzene rings is 1. The van der Waals surface area contributed by atoms with Gasteiger partial charge in [-0.25, -0.2) is 0 Å². The second-order valence-corrected chi connectivity index (χ2v) is 4.05. The zero-order valence-corrected chi connectivity index (χ0v) is 11.2. The third kappa shape index (κ3) is 6.12. The van der Waals surface area contributed by atoms with Crippen molar-refractivity contribution in [1.29, 1.82) is 0 Å². The lowest BCUT2D eigenvalue weighted by molar-refractivity contribution is -0.174. The van der Waals surface area contributed by atoms with Crippen LogP contribution < -0.4 is 15.2 Å². The molecule has 2 N–H and O–H groups in total. The Bertz CT molecular complexity index is 410. The highest BCUT2D eigenvalue weighted by Crippen LogP contribution is 2.24. The molecule has 0 fully saturated rings. The summed E-state index contributed by atoms with van der Waals surface area (Å²) in [6, 6.07) is 5.24. The summed E-state index contributed by atoms with van der Waals surface area (Å²) in [5.41, 5.74) is 6.38. The summed E-state index contributed by atoms with van der Waals surface area (Å²) < 4.78 is 50.5.